The van der Waals surface area contributed by atoms with E-state index in [0.29, 0.717) is 6.08 Å². The summed E-state index contributed by atoms with van der Waals surface area (Å²) in [5, 5.41) is 8.20. The number of aliphatic carboxylic acids is 1. The predicted octanol–water partition coefficient (Wildman–Crippen LogP) is 0.719. The molecule has 0 saturated heterocycles. The third-order valence-electron chi connectivity index (χ3n) is 1.09. The van der Waals surface area contributed by atoms with Gasteiger partial charge in [0.05, 0.1) is 6.61 Å². The van der Waals surface area contributed by atoms with E-state index in [2.05, 4.69) is 11.3 Å². The number of ether oxygens (including phenoxy) is 2. The van der Waals surface area contributed by atoms with Crippen LogP contribution in [0.4, 0.5) is 0 Å². The number of esters is 1. The third kappa shape index (κ3) is 7.05. The fraction of sp³-hybridized carbons (Fsp3) is 0.333. The Balaban J connectivity index is 3.81. The van der Waals surface area contributed by atoms with Crippen molar-refractivity contribution in [2.24, 2.45) is 0 Å². The largest absolute Gasteiger partial charge is 0.478 e. The van der Waals surface area contributed by atoms with E-state index in [1.54, 1.807) is 0 Å². The molecule has 0 aromatic rings. The highest BCUT2D eigenvalue weighted by Gasteiger charge is 2.05. The van der Waals surface area contributed by atoms with Crippen LogP contribution in [0, 0.1) is 0 Å². The highest BCUT2D eigenvalue weighted by Crippen LogP contribution is 1.95. The van der Waals surface area contributed by atoms with Gasteiger partial charge in [-0.1, -0.05) is 6.08 Å². The molecule has 0 rings (SSSR count). The zero-order chi connectivity index (χ0) is 11.0. The Morgan fingerprint density at radius 3 is 2.64 bits per heavy atom. The maximum Gasteiger partial charge on any atom is 0.333 e. The molecular formula is C9H12O5. The van der Waals surface area contributed by atoms with Gasteiger partial charge in [-0.3, -0.25) is 0 Å². The van der Waals surface area contributed by atoms with Crippen molar-refractivity contribution in [2.75, 3.05) is 6.61 Å². The molecule has 0 spiro atoms. The number of hydrogen-bond acceptors (Lipinski definition) is 4. The van der Waals surface area contributed by atoms with E-state index in [9.17, 15) is 9.59 Å². The van der Waals surface area contributed by atoms with E-state index < -0.39 is 18.2 Å². The second-order valence-electron chi connectivity index (χ2n) is 2.30. The summed E-state index contributed by atoms with van der Waals surface area (Å²) in [5.74, 6) is -1.97. The molecule has 14 heavy (non-hydrogen) atoms. The van der Waals surface area contributed by atoms with Crippen LogP contribution in [-0.4, -0.2) is 29.9 Å². The number of carbonyl (C=O) groups excluding carboxylic acids is 1. The first-order valence-electron chi connectivity index (χ1n) is 3.90. The number of hydrogen-bond donors (Lipinski definition) is 1. The first-order chi connectivity index (χ1) is 6.56. The van der Waals surface area contributed by atoms with Crippen molar-refractivity contribution in [3.63, 3.8) is 0 Å². The minimum Gasteiger partial charge on any atom is -0.478 e. The predicted molar refractivity (Wildman–Crippen MR) is 48.5 cm³/mol. The maximum absolute atomic E-state index is 10.8. The Morgan fingerprint density at radius 1 is 1.50 bits per heavy atom. The molecule has 0 aromatic carbocycles. The average molecular weight is 200 g/mol. The van der Waals surface area contributed by atoms with Gasteiger partial charge in [0, 0.05) is 12.2 Å². The van der Waals surface area contributed by atoms with Gasteiger partial charge in [-0.2, -0.15) is 0 Å². The molecule has 0 aliphatic carbocycles. The Morgan fingerprint density at radius 2 is 2.14 bits per heavy atom. The molecule has 5 nitrogen and oxygen atoms in total. The summed E-state index contributed by atoms with van der Waals surface area (Å²) in [6, 6.07) is 0. The minimum absolute atomic E-state index is 0.261. The second-order valence-corrected chi connectivity index (χ2v) is 2.30. The molecule has 0 aromatic heterocycles. The summed E-state index contributed by atoms with van der Waals surface area (Å²) in [6.07, 6.45) is 2.30. The molecule has 0 heterocycles. The fourth-order valence-corrected chi connectivity index (χ4v) is 0.580. The average Bonchev–Trinajstić information content (AvgIpc) is 2.11. The SMILES string of the molecule is C=CCOC(C)OC(=O)/C=C/C(=O)O. The van der Waals surface area contributed by atoms with Gasteiger partial charge in [0.15, 0.2) is 0 Å². The van der Waals surface area contributed by atoms with E-state index in [1.165, 1.54) is 13.0 Å². The van der Waals surface area contributed by atoms with Gasteiger partial charge in [-0.25, -0.2) is 9.59 Å². The van der Waals surface area contributed by atoms with Gasteiger partial charge in [0.2, 0.25) is 6.29 Å². The minimum atomic E-state index is -1.21. The number of carbonyl (C=O) groups is 2. The number of carboxylic acids is 1. The van der Waals surface area contributed by atoms with Gasteiger partial charge in [0.25, 0.3) is 0 Å². The number of carboxylic acid groups (broad SMARTS) is 1. The molecule has 5 heteroatoms. The van der Waals surface area contributed by atoms with Crippen LogP contribution in [0.15, 0.2) is 24.8 Å². The fourth-order valence-electron chi connectivity index (χ4n) is 0.580. The molecule has 1 unspecified atom stereocenters. The normalized spacial score (nSPS) is 12.4. The summed E-state index contributed by atoms with van der Waals surface area (Å²) in [4.78, 5) is 20.9. The van der Waals surface area contributed by atoms with E-state index in [0.717, 1.165) is 6.08 Å². The molecule has 0 aliphatic rings. The molecule has 1 atom stereocenters. The van der Waals surface area contributed by atoms with Gasteiger partial charge in [-0.15, -0.1) is 6.58 Å². The lowest BCUT2D eigenvalue weighted by atomic mass is 10.5. The van der Waals surface area contributed by atoms with E-state index in [4.69, 9.17) is 9.84 Å². The second kappa shape index (κ2) is 6.85. The van der Waals surface area contributed by atoms with Crippen molar-refractivity contribution < 1.29 is 24.2 Å². The van der Waals surface area contributed by atoms with Crippen LogP contribution in [0.3, 0.4) is 0 Å². The van der Waals surface area contributed by atoms with Crippen molar-refractivity contribution in [1.29, 1.82) is 0 Å². The first-order valence-corrected chi connectivity index (χ1v) is 3.90. The molecule has 0 aliphatic heterocycles. The van der Waals surface area contributed by atoms with Gasteiger partial charge < -0.3 is 14.6 Å². The smallest absolute Gasteiger partial charge is 0.333 e. The summed E-state index contributed by atoms with van der Waals surface area (Å²) in [5.41, 5.74) is 0. The zero-order valence-electron chi connectivity index (χ0n) is 7.80. The van der Waals surface area contributed by atoms with Crippen molar-refractivity contribution in [2.45, 2.75) is 13.2 Å². The maximum atomic E-state index is 10.8. The molecule has 0 saturated carbocycles. The molecule has 0 amide bonds. The molecular weight excluding hydrogens is 188 g/mol. The monoisotopic (exact) mass is 200 g/mol. The van der Waals surface area contributed by atoms with Gasteiger partial charge >= 0.3 is 11.9 Å². The Bertz CT molecular complexity index is 244. The number of rotatable bonds is 6. The highest BCUT2D eigenvalue weighted by atomic mass is 16.7. The summed E-state index contributed by atoms with van der Waals surface area (Å²) >= 11 is 0. The van der Waals surface area contributed by atoms with Crippen LogP contribution < -0.4 is 0 Å². The van der Waals surface area contributed by atoms with E-state index >= 15 is 0 Å². The van der Waals surface area contributed by atoms with Crippen molar-refractivity contribution in [1.82, 2.24) is 0 Å². The summed E-state index contributed by atoms with van der Waals surface area (Å²) in [7, 11) is 0. The van der Waals surface area contributed by atoms with E-state index in [1.807, 2.05) is 0 Å². The lowest BCUT2D eigenvalue weighted by Crippen LogP contribution is -2.16. The lowest BCUT2D eigenvalue weighted by molar-refractivity contribution is -0.166. The van der Waals surface area contributed by atoms with Crippen LogP contribution in [0.5, 0.6) is 0 Å². The van der Waals surface area contributed by atoms with Crippen LogP contribution in [0.2, 0.25) is 0 Å². The lowest BCUT2D eigenvalue weighted by Gasteiger charge is -2.10. The molecule has 0 bridgehead atoms. The standard InChI is InChI=1S/C9H12O5/c1-3-6-13-7(2)14-9(12)5-4-8(10)11/h3-5,7H,1,6H2,2H3,(H,10,11)/b5-4+. The van der Waals surface area contributed by atoms with Crippen LogP contribution >= 0.6 is 0 Å². The van der Waals surface area contributed by atoms with E-state index in [-0.39, 0.29) is 6.61 Å². The van der Waals surface area contributed by atoms with Gasteiger partial charge in [-0.05, 0) is 6.92 Å². The van der Waals surface area contributed by atoms with Crippen molar-refractivity contribution >= 4 is 11.9 Å². The van der Waals surface area contributed by atoms with Crippen LogP contribution in [0.25, 0.3) is 0 Å². The zero-order valence-corrected chi connectivity index (χ0v) is 7.80. The van der Waals surface area contributed by atoms with Crippen LogP contribution in [0.1, 0.15) is 6.92 Å². The van der Waals surface area contributed by atoms with Crippen LogP contribution in [-0.2, 0) is 19.1 Å². The van der Waals surface area contributed by atoms with Crippen molar-refractivity contribution in [3.05, 3.63) is 24.8 Å². The Kier molecular flexibility index (Phi) is 6.06. The third-order valence-corrected chi connectivity index (χ3v) is 1.09. The quantitative estimate of drug-likeness (QED) is 0.296. The molecule has 0 fully saturated rings. The molecule has 78 valence electrons. The van der Waals surface area contributed by atoms with Gasteiger partial charge in [0.1, 0.15) is 0 Å². The Hall–Kier alpha value is -1.62. The Labute approximate surface area is 81.6 Å². The highest BCUT2D eigenvalue weighted by molar-refractivity contribution is 5.90. The first kappa shape index (κ1) is 12.4. The summed E-state index contributed by atoms with van der Waals surface area (Å²) in [6.45, 7) is 5.20. The topological polar surface area (TPSA) is 72.8 Å². The molecule has 1 N–H and O–H groups in total. The molecule has 0 radical (unpaired) electrons. The summed E-state index contributed by atoms with van der Waals surface area (Å²) < 4.78 is 9.57. The van der Waals surface area contributed by atoms with Crippen molar-refractivity contribution in [3.8, 4) is 0 Å².